The Morgan fingerprint density at radius 3 is 2.20 bits per heavy atom. The van der Waals surface area contributed by atoms with Crippen molar-refractivity contribution in [3.63, 3.8) is 0 Å². The Bertz CT molecular complexity index is 225. The van der Waals surface area contributed by atoms with Crippen molar-refractivity contribution in [1.82, 2.24) is 14.7 Å². The Hall–Kier alpha value is 0.00390. The number of hydrogen-bond donors (Lipinski definition) is 0. The van der Waals surface area contributed by atoms with Crippen LogP contribution in [-0.4, -0.2) is 72.8 Å². The molecule has 2 saturated heterocycles. The van der Waals surface area contributed by atoms with E-state index >= 15 is 0 Å². The SMILES string of the molecule is O=[C-]N1CCN(C2CN(C=O)C2)CC1.[Y]. The number of nitrogens with zero attached hydrogens (tertiary/aromatic N) is 3. The molecule has 5 nitrogen and oxygen atoms in total. The molecule has 0 aliphatic carbocycles. The summed E-state index contributed by atoms with van der Waals surface area (Å²) < 4.78 is 0. The Balaban J connectivity index is 0.00000112. The van der Waals surface area contributed by atoms with Crippen LogP contribution in [0.1, 0.15) is 0 Å². The summed E-state index contributed by atoms with van der Waals surface area (Å²) in [7, 11) is 0. The summed E-state index contributed by atoms with van der Waals surface area (Å²) in [5.74, 6) is 0. The predicted octanol–water partition coefficient (Wildman–Crippen LogP) is -1.49. The largest absolute Gasteiger partial charge is 0.520 e. The van der Waals surface area contributed by atoms with Crippen molar-refractivity contribution < 1.29 is 42.3 Å². The van der Waals surface area contributed by atoms with Crippen molar-refractivity contribution in [2.45, 2.75) is 6.04 Å². The quantitative estimate of drug-likeness (QED) is 0.469. The van der Waals surface area contributed by atoms with Crippen LogP contribution < -0.4 is 0 Å². The molecule has 0 aromatic rings. The van der Waals surface area contributed by atoms with Gasteiger partial charge < -0.3 is 14.6 Å². The standard InChI is InChI=1S/C9H14N3O2.Y/c13-7-10-1-3-12(4-2-10)9-5-11(6-9)8-14;/h8-9H,1-6H2;/q-1;. The number of rotatable bonds is 3. The third kappa shape index (κ3) is 2.98. The predicted molar refractivity (Wildman–Crippen MR) is 50.3 cm³/mol. The van der Waals surface area contributed by atoms with Crippen LogP contribution in [0.15, 0.2) is 0 Å². The minimum absolute atomic E-state index is 0. The zero-order valence-electron chi connectivity index (χ0n) is 8.63. The fraction of sp³-hybridized carbons (Fsp3) is 0.778. The Morgan fingerprint density at radius 1 is 1.13 bits per heavy atom. The maximum absolute atomic E-state index is 10.4. The molecule has 81 valence electrons. The third-order valence-corrected chi connectivity index (χ3v) is 3.00. The molecule has 2 rings (SSSR count). The molecule has 2 heterocycles. The van der Waals surface area contributed by atoms with E-state index in [0.29, 0.717) is 6.04 Å². The van der Waals surface area contributed by atoms with Gasteiger partial charge in [-0.25, -0.2) is 0 Å². The normalized spacial score (nSPS) is 22.9. The molecule has 2 aliphatic rings. The second-order valence-electron chi connectivity index (χ2n) is 3.83. The molecule has 0 N–H and O–H groups in total. The van der Waals surface area contributed by atoms with Gasteiger partial charge >= 0.3 is 0 Å². The summed E-state index contributed by atoms with van der Waals surface area (Å²) in [6.45, 7) is 5.03. The van der Waals surface area contributed by atoms with Crippen LogP contribution in [0.4, 0.5) is 0 Å². The van der Waals surface area contributed by atoms with Gasteiger partial charge in [-0.05, 0) is 0 Å². The maximum atomic E-state index is 10.4. The van der Waals surface area contributed by atoms with Crippen LogP contribution in [0, 0.1) is 0 Å². The summed E-state index contributed by atoms with van der Waals surface area (Å²) in [4.78, 5) is 26.5. The van der Waals surface area contributed by atoms with Gasteiger partial charge in [0.15, 0.2) is 0 Å². The van der Waals surface area contributed by atoms with Gasteiger partial charge in [0.25, 0.3) is 0 Å². The molecule has 0 spiro atoms. The van der Waals surface area contributed by atoms with E-state index in [-0.39, 0.29) is 32.7 Å². The van der Waals surface area contributed by atoms with E-state index < -0.39 is 0 Å². The van der Waals surface area contributed by atoms with Crippen molar-refractivity contribution in [1.29, 1.82) is 0 Å². The Labute approximate surface area is 115 Å². The van der Waals surface area contributed by atoms with Gasteiger partial charge in [-0.15, -0.1) is 0 Å². The van der Waals surface area contributed by atoms with Crippen molar-refractivity contribution in [3.8, 4) is 0 Å². The first kappa shape index (κ1) is 13.1. The first-order valence-electron chi connectivity index (χ1n) is 4.89. The average Bonchev–Trinajstić information content (AvgIpc) is 2.17. The van der Waals surface area contributed by atoms with E-state index in [2.05, 4.69) is 4.90 Å². The van der Waals surface area contributed by atoms with Gasteiger partial charge in [0.1, 0.15) is 0 Å². The molecule has 0 aromatic heterocycles. The summed E-state index contributed by atoms with van der Waals surface area (Å²) in [5.41, 5.74) is 0. The van der Waals surface area contributed by atoms with Crippen LogP contribution in [-0.2, 0) is 42.3 Å². The number of carbonyl (C=O) groups excluding carboxylic acids is 2. The molecule has 0 bridgehead atoms. The third-order valence-electron chi connectivity index (χ3n) is 3.00. The van der Waals surface area contributed by atoms with Crippen LogP contribution >= 0.6 is 0 Å². The monoisotopic (exact) mass is 285 g/mol. The topological polar surface area (TPSA) is 43.9 Å². The average molecular weight is 285 g/mol. The van der Waals surface area contributed by atoms with Gasteiger partial charge in [0.05, 0.1) is 0 Å². The first-order chi connectivity index (χ1) is 6.83. The van der Waals surface area contributed by atoms with Crippen LogP contribution in [0.5, 0.6) is 0 Å². The molecular formula is C9H14N3O2Y-. The molecule has 0 aromatic carbocycles. The molecular weight excluding hydrogens is 271 g/mol. The smallest absolute Gasteiger partial charge is 0.209 e. The molecule has 1 radical (unpaired) electrons. The molecule has 0 unspecified atom stereocenters. The number of hydrogen-bond acceptors (Lipinski definition) is 3. The van der Waals surface area contributed by atoms with Crippen molar-refractivity contribution in [3.05, 3.63) is 0 Å². The Kier molecular flexibility index (Phi) is 5.16. The zero-order chi connectivity index (χ0) is 9.97. The zero-order valence-corrected chi connectivity index (χ0v) is 11.5. The molecule has 6 heteroatoms. The minimum atomic E-state index is 0. The van der Waals surface area contributed by atoms with Crippen LogP contribution in [0.25, 0.3) is 0 Å². The van der Waals surface area contributed by atoms with Gasteiger partial charge in [0, 0.05) is 78.0 Å². The van der Waals surface area contributed by atoms with Crippen molar-refractivity contribution in [2.75, 3.05) is 39.3 Å². The van der Waals surface area contributed by atoms with Crippen molar-refractivity contribution >= 4 is 12.8 Å². The van der Waals surface area contributed by atoms with Crippen LogP contribution in [0.2, 0.25) is 0 Å². The molecule has 15 heavy (non-hydrogen) atoms. The maximum Gasteiger partial charge on any atom is 0.209 e. The molecule has 2 amide bonds. The minimum Gasteiger partial charge on any atom is -0.520 e. The number of amides is 2. The van der Waals surface area contributed by atoms with E-state index in [9.17, 15) is 9.59 Å². The fourth-order valence-electron chi connectivity index (χ4n) is 1.98. The van der Waals surface area contributed by atoms with Crippen molar-refractivity contribution in [2.24, 2.45) is 0 Å². The van der Waals surface area contributed by atoms with E-state index in [4.69, 9.17) is 0 Å². The Morgan fingerprint density at radius 2 is 1.73 bits per heavy atom. The molecule has 0 saturated carbocycles. The number of piperazine rings is 1. The second-order valence-corrected chi connectivity index (χ2v) is 3.83. The number of carbonyl (C=O) groups is 1. The fourth-order valence-corrected chi connectivity index (χ4v) is 1.98. The van der Waals surface area contributed by atoms with E-state index in [1.54, 1.807) is 9.80 Å². The molecule has 2 fully saturated rings. The molecule has 0 atom stereocenters. The van der Waals surface area contributed by atoms with E-state index in [0.717, 1.165) is 45.7 Å². The molecule has 2 aliphatic heterocycles. The van der Waals surface area contributed by atoms with E-state index in [1.807, 2.05) is 6.41 Å². The summed E-state index contributed by atoms with van der Waals surface area (Å²) in [5, 5.41) is 0. The van der Waals surface area contributed by atoms with Gasteiger partial charge in [-0.3, -0.25) is 9.69 Å². The second kappa shape index (κ2) is 5.92. The first-order valence-corrected chi connectivity index (χ1v) is 4.89. The van der Waals surface area contributed by atoms with Gasteiger partial charge in [0.2, 0.25) is 6.41 Å². The summed E-state index contributed by atoms with van der Waals surface area (Å²) >= 11 is 0. The van der Waals surface area contributed by atoms with E-state index in [1.165, 1.54) is 0 Å². The summed E-state index contributed by atoms with van der Waals surface area (Å²) in [6, 6.07) is 0.508. The van der Waals surface area contributed by atoms with Crippen LogP contribution in [0.3, 0.4) is 0 Å². The summed E-state index contributed by atoms with van der Waals surface area (Å²) in [6.07, 6.45) is 2.80. The van der Waals surface area contributed by atoms with Gasteiger partial charge in [-0.2, -0.15) is 6.41 Å². The van der Waals surface area contributed by atoms with Gasteiger partial charge in [-0.1, -0.05) is 0 Å². The number of likely N-dealkylation sites (tertiary alicyclic amines) is 1.